The molecule has 15 heteroatoms. The van der Waals surface area contributed by atoms with E-state index in [1.807, 2.05) is 0 Å². The normalized spacial score (nSPS) is 27.9. The SMILES string of the molecule is CS(=O)(=O)CCCCCCCC/C(=N/OS(=O)(=O)O)S[C@H]1O[C@@H](CO)[C@H](O)[C@@H](O)[C@H]1O. The summed E-state index contributed by atoms with van der Waals surface area (Å²) in [6.07, 6.45) is -0.171. The zero-order valence-electron chi connectivity index (χ0n) is 17.1. The summed E-state index contributed by atoms with van der Waals surface area (Å²) >= 11 is 0.742. The van der Waals surface area contributed by atoms with Crippen molar-refractivity contribution >= 4 is 37.0 Å². The second-order valence-corrected chi connectivity index (χ2v) is 11.7. The lowest BCUT2D eigenvalue weighted by Crippen LogP contribution is -2.57. The van der Waals surface area contributed by atoms with Crippen LogP contribution in [0.15, 0.2) is 5.16 Å². The Labute approximate surface area is 186 Å². The van der Waals surface area contributed by atoms with E-state index >= 15 is 0 Å². The predicted octanol–water partition coefficient (Wildman–Crippen LogP) is -0.572. The first-order valence-corrected chi connectivity index (χ1v) is 14.0. The van der Waals surface area contributed by atoms with E-state index in [1.54, 1.807) is 0 Å². The molecular formula is C16H31NO11S3. The van der Waals surface area contributed by atoms with Crippen molar-refractivity contribution in [3.8, 4) is 0 Å². The van der Waals surface area contributed by atoms with Crippen LogP contribution in [0.5, 0.6) is 0 Å². The van der Waals surface area contributed by atoms with Crippen molar-refractivity contribution in [1.82, 2.24) is 0 Å². The van der Waals surface area contributed by atoms with Gasteiger partial charge in [0.2, 0.25) is 0 Å². The molecule has 1 aliphatic heterocycles. The molecule has 1 fully saturated rings. The van der Waals surface area contributed by atoms with E-state index in [0.717, 1.165) is 37.4 Å². The molecule has 0 radical (unpaired) electrons. The molecule has 184 valence electrons. The minimum absolute atomic E-state index is 0.0547. The number of ether oxygens (including phenoxy) is 1. The third-order valence-electron chi connectivity index (χ3n) is 4.49. The summed E-state index contributed by atoms with van der Waals surface area (Å²) in [5.74, 6) is 0.145. The molecule has 0 aromatic carbocycles. The molecule has 1 saturated heterocycles. The molecule has 1 rings (SSSR count). The van der Waals surface area contributed by atoms with Crippen molar-refractivity contribution < 1.29 is 50.8 Å². The summed E-state index contributed by atoms with van der Waals surface area (Å²) in [6.45, 7) is -0.616. The minimum Gasteiger partial charge on any atom is -0.394 e. The van der Waals surface area contributed by atoms with Crippen LogP contribution in [-0.2, 0) is 29.3 Å². The van der Waals surface area contributed by atoms with Gasteiger partial charge < -0.3 is 25.2 Å². The van der Waals surface area contributed by atoms with E-state index in [9.17, 15) is 37.3 Å². The van der Waals surface area contributed by atoms with E-state index in [2.05, 4.69) is 9.44 Å². The summed E-state index contributed by atoms with van der Waals surface area (Å²) < 4.78 is 61.9. The van der Waals surface area contributed by atoms with E-state index in [0.29, 0.717) is 12.8 Å². The van der Waals surface area contributed by atoms with Crippen LogP contribution in [0, 0.1) is 0 Å². The number of hydrogen-bond acceptors (Lipinski definition) is 12. The number of sulfone groups is 1. The van der Waals surface area contributed by atoms with Crippen molar-refractivity contribution in [3.63, 3.8) is 0 Å². The molecule has 1 heterocycles. The molecular weight excluding hydrogens is 478 g/mol. The number of rotatable bonds is 13. The molecule has 31 heavy (non-hydrogen) atoms. The third kappa shape index (κ3) is 11.8. The molecule has 0 unspecified atom stereocenters. The van der Waals surface area contributed by atoms with Gasteiger partial charge in [0.05, 0.1) is 6.61 Å². The van der Waals surface area contributed by atoms with Gasteiger partial charge in [-0.05, 0) is 19.3 Å². The fourth-order valence-corrected chi connectivity index (χ4v) is 4.93. The lowest BCUT2D eigenvalue weighted by atomic mass is 10.0. The van der Waals surface area contributed by atoms with Gasteiger partial charge in [0.25, 0.3) is 0 Å². The second-order valence-electron chi connectivity index (χ2n) is 7.30. The van der Waals surface area contributed by atoms with Gasteiger partial charge >= 0.3 is 10.4 Å². The van der Waals surface area contributed by atoms with E-state index in [4.69, 9.17) is 9.29 Å². The summed E-state index contributed by atoms with van der Waals surface area (Å²) in [5, 5.41) is 42.5. The lowest BCUT2D eigenvalue weighted by Gasteiger charge is -2.39. The van der Waals surface area contributed by atoms with Gasteiger partial charge in [-0.2, -0.15) is 8.42 Å². The molecule has 5 N–H and O–H groups in total. The minimum atomic E-state index is -4.85. The van der Waals surface area contributed by atoms with Crippen LogP contribution >= 0.6 is 11.8 Å². The average Bonchev–Trinajstić information content (AvgIpc) is 2.66. The van der Waals surface area contributed by atoms with E-state index in [1.165, 1.54) is 6.26 Å². The Morgan fingerprint density at radius 2 is 1.55 bits per heavy atom. The van der Waals surface area contributed by atoms with E-state index in [-0.39, 0.29) is 17.2 Å². The fourth-order valence-electron chi connectivity index (χ4n) is 2.86. The van der Waals surface area contributed by atoms with Gasteiger partial charge in [-0.25, -0.2) is 12.7 Å². The van der Waals surface area contributed by atoms with Crippen LogP contribution in [0.3, 0.4) is 0 Å². The number of hydrogen-bond donors (Lipinski definition) is 5. The second kappa shape index (κ2) is 13.3. The monoisotopic (exact) mass is 509 g/mol. The van der Waals surface area contributed by atoms with Crippen LogP contribution in [-0.4, -0.2) is 95.3 Å². The van der Waals surface area contributed by atoms with Gasteiger partial charge in [-0.15, -0.1) is 0 Å². The van der Waals surface area contributed by atoms with Crippen LogP contribution in [0.2, 0.25) is 0 Å². The van der Waals surface area contributed by atoms with Gasteiger partial charge in [0.1, 0.15) is 44.7 Å². The summed E-state index contributed by atoms with van der Waals surface area (Å²) in [7, 11) is -7.82. The van der Waals surface area contributed by atoms with Gasteiger partial charge in [-0.3, -0.25) is 4.55 Å². The molecule has 1 aliphatic rings. The number of aliphatic hydroxyl groups is 4. The molecule has 0 amide bonds. The van der Waals surface area contributed by atoms with Crippen molar-refractivity contribution in [2.45, 2.75) is 74.8 Å². The molecule has 0 saturated carbocycles. The smallest absolute Gasteiger partial charge is 0.394 e. The van der Waals surface area contributed by atoms with Gasteiger partial charge in [0, 0.05) is 12.0 Å². The Bertz CT molecular complexity index is 770. The Morgan fingerprint density at radius 3 is 2.10 bits per heavy atom. The maximum absolute atomic E-state index is 11.1. The highest BCUT2D eigenvalue weighted by Crippen LogP contribution is 2.30. The van der Waals surface area contributed by atoms with Crippen LogP contribution in [0.1, 0.15) is 44.9 Å². The molecule has 0 aromatic heterocycles. The third-order valence-corrected chi connectivity index (χ3v) is 6.96. The number of thioether (sulfide) groups is 1. The van der Waals surface area contributed by atoms with Crippen molar-refractivity contribution in [1.29, 1.82) is 0 Å². The zero-order chi connectivity index (χ0) is 23.7. The number of nitrogens with zero attached hydrogens (tertiary/aromatic N) is 1. The van der Waals surface area contributed by atoms with Crippen molar-refractivity contribution in [2.75, 3.05) is 18.6 Å². The summed E-state index contributed by atoms with van der Waals surface area (Å²) in [6, 6.07) is 0. The molecule has 0 aromatic rings. The maximum atomic E-state index is 11.1. The van der Waals surface area contributed by atoms with E-state index < -0.39 is 56.7 Å². The van der Waals surface area contributed by atoms with Crippen LogP contribution in [0.4, 0.5) is 0 Å². The highest BCUT2D eigenvalue weighted by molar-refractivity contribution is 8.14. The average molecular weight is 510 g/mol. The number of oxime groups is 1. The molecule has 0 aliphatic carbocycles. The quantitative estimate of drug-likeness (QED) is 0.0697. The van der Waals surface area contributed by atoms with Crippen LogP contribution < -0.4 is 0 Å². The van der Waals surface area contributed by atoms with Crippen molar-refractivity contribution in [3.05, 3.63) is 0 Å². The molecule has 0 spiro atoms. The first-order chi connectivity index (χ1) is 14.3. The Kier molecular flexibility index (Phi) is 12.2. The zero-order valence-corrected chi connectivity index (χ0v) is 19.6. The van der Waals surface area contributed by atoms with Crippen molar-refractivity contribution in [2.24, 2.45) is 5.16 Å². The fraction of sp³-hybridized carbons (Fsp3) is 0.938. The number of unbranched alkanes of at least 4 members (excludes halogenated alkanes) is 5. The molecule has 5 atom stereocenters. The highest BCUT2D eigenvalue weighted by atomic mass is 32.3. The Hall–Kier alpha value is -0.520. The topological polar surface area (TPSA) is 200 Å². The number of aliphatic hydroxyl groups excluding tert-OH is 4. The molecule has 0 bridgehead atoms. The van der Waals surface area contributed by atoms with Gasteiger partial charge in [-0.1, -0.05) is 42.6 Å². The Balaban J connectivity index is 2.58. The standard InChI is InChI=1S/C16H31NO11S3/c1-30(22,23)9-7-5-3-2-4-6-8-12(17-28-31(24,25)26)29-16-15(21)14(20)13(19)11(10-18)27-16/h11,13-16,18-21H,2-10H2,1H3,(H,24,25,26)/b17-12-/t11-,13-,14+,15+,16+/m0/s1. The summed E-state index contributed by atoms with van der Waals surface area (Å²) in [5.41, 5.74) is -1.17. The maximum Gasteiger partial charge on any atom is 0.466 e. The van der Waals surface area contributed by atoms with Crippen LogP contribution in [0.25, 0.3) is 0 Å². The first-order valence-electron chi connectivity index (χ1n) is 9.72. The lowest BCUT2D eigenvalue weighted by molar-refractivity contribution is -0.205. The van der Waals surface area contributed by atoms with Gasteiger partial charge in [0.15, 0.2) is 0 Å². The first kappa shape index (κ1) is 28.5. The predicted molar refractivity (Wildman–Crippen MR) is 113 cm³/mol. The molecule has 12 nitrogen and oxygen atoms in total. The largest absolute Gasteiger partial charge is 0.466 e. The summed E-state index contributed by atoms with van der Waals surface area (Å²) in [4.78, 5) is 0. The Morgan fingerprint density at radius 1 is 0.968 bits per heavy atom. The highest BCUT2D eigenvalue weighted by Gasteiger charge is 2.44.